The molecule has 0 radical (unpaired) electrons. The van der Waals surface area contributed by atoms with Gasteiger partial charge in [0.05, 0.1) is 0 Å². The number of urea groups is 1. The third-order valence-corrected chi connectivity index (χ3v) is 6.11. The lowest BCUT2D eigenvalue weighted by atomic mass is 9.93. The van der Waals surface area contributed by atoms with Gasteiger partial charge in [0, 0.05) is 59.2 Å². The molecule has 4 amide bonds. The summed E-state index contributed by atoms with van der Waals surface area (Å²) in [5.41, 5.74) is 1.07. The van der Waals surface area contributed by atoms with Crippen LogP contribution in [0.4, 0.5) is 4.79 Å². The maximum absolute atomic E-state index is 12.5. The Morgan fingerprint density at radius 3 is 2.27 bits per heavy atom. The molecular formula is C23H34N4O3. The number of hydrogen-bond acceptors (Lipinski definition) is 3. The largest absolute Gasteiger partial charge is 0.343 e. The molecule has 7 nitrogen and oxygen atoms in total. The molecule has 0 unspecified atom stereocenters. The molecule has 0 atom stereocenters. The Labute approximate surface area is 179 Å². The first-order valence-corrected chi connectivity index (χ1v) is 11.1. The molecular weight excluding hydrogens is 380 g/mol. The molecule has 1 N–H and O–H groups in total. The number of hydrogen-bond donors (Lipinski definition) is 1. The molecule has 2 saturated heterocycles. The highest BCUT2D eigenvalue weighted by atomic mass is 16.2. The summed E-state index contributed by atoms with van der Waals surface area (Å²) in [5.74, 6) is 0.735. The standard InChI is InChI=1S/C23H34N4O3/c1-25(18-20-7-3-2-4-8-20)23(30)24-12-9-21(28)27-15-10-19(11-16-27)17-22(29)26-13-5-6-14-26/h2-4,7-8,19H,5-6,9-18H2,1H3,(H,24,30). The summed E-state index contributed by atoms with van der Waals surface area (Å²) in [4.78, 5) is 42.5. The Kier molecular flexibility index (Phi) is 8.11. The number of benzene rings is 1. The molecule has 7 heteroatoms. The molecule has 164 valence electrons. The minimum Gasteiger partial charge on any atom is -0.343 e. The van der Waals surface area contributed by atoms with Crippen LogP contribution in [0.5, 0.6) is 0 Å². The van der Waals surface area contributed by atoms with Crippen LogP contribution in [-0.2, 0) is 16.1 Å². The number of amides is 4. The fourth-order valence-electron chi connectivity index (χ4n) is 4.23. The smallest absolute Gasteiger partial charge is 0.317 e. The SMILES string of the molecule is CN(Cc1ccccc1)C(=O)NCCC(=O)N1CCC(CC(=O)N2CCCC2)CC1. The van der Waals surface area contributed by atoms with Crippen molar-refractivity contribution in [1.29, 1.82) is 0 Å². The minimum absolute atomic E-state index is 0.0744. The van der Waals surface area contributed by atoms with Crippen LogP contribution in [0.2, 0.25) is 0 Å². The maximum atomic E-state index is 12.5. The summed E-state index contributed by atoms with van der Waals surface area (Å²) in [6, 6.07) is 9.64. The van der Waals surface area contributed by atoms with Crippen molar-refractivity contribution < 1.29 is 14.4 Å². The number of likely N-dealkylation sites (tertiary alicyclic amines) is 2. The van der Waals surface area contributed by atoms with E-state index in [1.807, 2.05) is 40.1 Å². The Bertz CT molecular complexity index is 710. The van der Waals surface area contributed by atoms with Crippen LogP contribution in [0.3, 0.4) is 0 Å². The molecule has 2 aliphatic rings. The lowest BCUT2D eigenvalue weighted by molar-refractivity contribution is -0.133. The van der Waals surface area contributed by atoms with Gasteiger partial charge < -0.3 is 20.0 Å². The van der Waals surface area contributed by atoms with Gasteiger partial charge in [0.15, 0.2) is 0 Å². The van der Waals surface area contributed by atoms with Crippen molar-refractivity contribution in [2.24, 2.45) is 5.92 Å². The van der Waals surface area contributed by atoms with Crippen LogP contribution in [0.1, 0.15) is 44.1 Å². The summed E-state index contributed by atoms with van der Waals surface area (Å²) in [6.45, 7) is 4.09. The van der Waals surface area contributed by atoms with Crippen molar-refractivity contribution in [2.45, 2.75) is 45.1 Å². The Balaban J connectivity index is 1.31. The van der Waals surface area contributed by atoms with Crippen LogP contribution in [-0.4, -0.2) is 72.3 Å². The highest BCUT2D eigenvalue weighted by molar-refractivity contribution is 5.79. The van der Waals surface area contributed by atoms with Gasteiger partial charge in [-0.2, -0.15) is 0 Å². The third-order valence-electron chi connectivity index (χ3n) is 6.11. The molecule has 0 saturated carbocycles. The predicted molar refractivity (Wildman–Crippen MR) is 116 cm³/mol. The van der Waals surface area contributed by atoms with Crippen LogP contribution < -0.4 is 5.32 Å². The van der Waals surface area contributed by atoms with Gasteiger partial charge in [0.25, 0.3) is 0 Å². The molecule has 0 bridgehead atoms. The fraction of sp³-hybridized carbons (Fsp3) is 0.609. The van der Waals surface area contributed by atoms with E-state index in [9.17, 15) is 14.4 Å². The van der Waals surface area contributed by atoms with E-state index < -0.39 is 0 Å². The average molecular weight is 415 g/mol. The molecule has 2 heterocycles. The molecule has 30 heavy (non-hydrogen) atoms. The van der Waals surface area contributed by atoms with E-state index in [0.29, 0.717) is 44.9 Å². The fourth-order valence-corrected chi connectivity index (χ4v) is 4.23. The van der Waals surface area contributed by atoms with Gasteiger partial charge in [0.1, 0.15) is 0 Å². The van der Waals surface area contributed by atoms with Crippen molar-refractivity contribution in [3.63, 3.8) is 0 Å². The number of rotatable bonds is 7. The summed E-state index contributed by atoms with van der Waals surface area (Å²) >= 11 is 0. The van der Waals surface area contributed by atoms with Crippen molar-refractivity contribution in [3.05, 3.63) is 35.9 Å². The zero-order valence-corrected chi connectivity index (χ0v) is 18.0. The van der Waals surface area contributed by atoms with Gasteiger partial charge in [-0.3, -0.25) is 9.59 Å². The predicted octanol–water partition coefficient (Wildman–Crippen LogP) is 2.47. The van der Waals surface area contributed by atoms with Crippen LogP contribution in [0, 0.1) is 5.92 Å². The molecule has 0 spiro atoms. The van der Waals surface area contributed by atoms with E-state index in [1.54, 1.807) is 11.9 Å². The molecule has 1 aromatic rings. The van der Waals surface area contributed by atoms with E-state index in [4.69, 9.17) is 0 Å². The lowest BCUT2D eigenvalue weighted by Gasteiger charge is -2.32. The summed E-state index contributed by atoms with van der Waals surface area (Å²) in [5, 5.41) is 2.83. The molecule has 2 fully saturated rings. The Morgan fingerprint density at radius 1 is 0.967 bits per heavy atom. The van der Waals surface area contributed by atoms with Crippen LogP contribution >= 0.6 is 0 Å². The first-order valence-electron chi connectivity index (χ1n) is 11.1. The van der Waals surface area contributed by atoms with E-state index in [0.717, 1.165) is 44.3 Å². The molecule has 0 aromatic heterocycles. The average Bonchev–Trinajstić information content (AvgIpc) is 3.30. The van der Waals surface area contributed by atoms with Gasteiger partial charge >= 0.3 is 6.03 Å². The summed E-state index contributed by atoms with van der Waals surface area (Å²) < 4.78 is 0. The summed E-state index contributed by atoms with van der Waals surface area (Å²) in [6.07, 6.45) is 4.94. The second-order valence-electron chi connectivity index (χ2n) is 8.44. The molecule has 2 aliphatic heterocycles. The number of nitrogens with one attached hydrogen (secondary N) is 1. The molecule has 1 aromatic carbocycles. The lowest BCUT2D eigenvalue weighted by Crippen LogP contribution is -2.42. The minimum atomic E-state index is -0.175. The monoisotopic (exact) mass is 414 g/mol. The van der Waals surface area contributed by atoms with Crippen LogP contribution in [0.15, 0.2) is 30.3 Å². The van der Waals surface area contributed by atoms with Crippen LogP contribution in [0.25, 0.3) is 0 Å². The highest BCUT2D eigenvalue weighted by Gasteiger charge is 2.26. The number of nitrogens with zero attached hydrogens (tertiary/aromatic N) is 3. The third kappa shape index (κ3) is 6.47. The maximum Gasteiger partial charge on any atom is 0.317 e. The van der Waals surface area contributed by atoms with E-state index in [2.05, 4.69) is 5.32 Å². The van der Waals surface area contributed by atoms with Crippen molar-refractivity contribution in [3.8, 4) is 0 Å². The van der Waals surface area contributed by atoms with Gasteiger partial charge in [-0.15, -0.1) is 0 Å². The highest BCUT2D eigenvalue weighted by Crippen LogP contribution is 2.23. The number of carbonyl (C=O) groups excluding carboxylic acids is 3. The second kappa shape index (κ2) is 11.0. The van der Waals surface area contributed by atoms with E-state index in [-0.39, 0.29) is 17.8 Å². The van der Waals surface area contributed by atoms with E-state index in [1.165, 1.54) is 0 Å². The first-order chi connectivity index (χ1) is 14.5. The van der Waals surface area contributed by atoms with Gasteiger partial charge in [-0.25, -0.2) is 4.79 Å². The van der Waals surface area contributed by atoms with Crippen molar-refractivity contribution >= 4 is 17.8 Å². The topological polar surface area (TPSA) is 73.0 Å². The van der Waals surface area contributed by atoms with E-state index >= 15 is 0 Å². The number of piperidine rings is 1. The van der Waals surface area contributed by atoms with Gasteiger partial charge in [0.2, 0.25) is 11.8 Å². The zero-order valence-electron chi connectivity index (χ0n) is 18.0. The van der Waals surface area contributed by atoms with Crippen molar-refractivity contribution in [1.82, 2.24) is 20.0 Å². The Hall–Kier alpha value is -2.57. The molecule has 0 aliphatic carbocycles. The van der Waals surface area contributed by atoms with Gasteiger partial charge in [-0.1, -0.05) is 30.3 Å². The summed E-state index contributed by atoms with van der Waals surface area (Å²) in [7, 11) is 1.75. The first kappa shape index (κ1) is 22.1. The van der Waals surface area contributed by atoms with Gasteiger partial charge in [-0.05, 0) is 37.2 Å². The van der Waals surface area contributed by atoms with Crippen molar-refractivity contribution in [2.75, 3.05) is 39.8 Å². The quantitative estimate of drug-likeness (QED) is 0.745. The normalized spacial score (nSPS) is 17.1. The Morgan fingerprint density at radius 2 is 1.60 bits per heavy atom. The zero-order chi connectivity index (χ0) is 21.3. The second-order valence-corrected chi connectivity index (χ2v) is 8.44. The molecule has 3 rings (SSSR count). The number of carbonyl (C=O) groups is 3.